The normalized spacial score (nSPS) is 13.3. The molecule has 1 N–H and O–H groups in total. The van der Waals surface area contributed by atoms with Gasteiger partial charge < -0.3 is 10.1 Å². The zero-order valence-electron chi connectivity index (χ0n) is 12.2. The van der Waals surface area contributed by atoms with Crippen LogP contribution in [0.25, 0.3) is 0 Å². The first-order valence-corrected chi connectivity index (χ1v) is 7.28. The van der Waals surface area contributed by atoms with Crippen LogP contribution in [-0.4, -0.2) is 34.5 Å². The summed E-state index contributed by atoms with van der Waals surface area (Å²) in [5.41, 5.74) is 0. The van der Waals surface area contributed by atoms with Gasteiger partial charge in [-0.3, -0.25) is 4.79 Å². The molecule has 106 valence electrons. The first-order chi connectivity index (χ1) is 8.15. The van der Waals surface area contributed by atoms with Gasteiger partial charge in [0, 0.05) is 16.9 Å². The highest BCUT2D eigenvalue weighted by Gasteiger charge is 2.25. The van der Waals surface area contributed by atoms with Crippen LogP contribution in [-0.2, 0) is 14.3 Å². The molecule has 0 radical (unpaired) electrons. The van der Waals surface area contributed by atoms with Crippen LogP contribution in [0.1, 0.15) is 48.0 Å². The highest BCUT2D eigenvalue weighted by Crippen LogP contribution is 2.24. The minimum atomic E-state index is -0.566. The first kappa shape index (κ1) is 17.3. The Kier molecular flexibility index (Phi) is 7.36. The first-order valence-electron chi connectivity index (χ1n) is 6.29. The Balaban J connectivity index is 4.51. The van der Waals surface area contributed by atoms with Gasteiger partial charge in [-0.25, -0.2) is 4.79 Å². The Morgan fingerprint density at radius 3 is 2.22 bits per heavy atom. The molecular formula is C13H25NO3S. The number of rotatable bonds is 6. The van der Waals surface area contributed by atoms with Gasteiger partial charge in [-0.15, -0.1) is 0 Å². The number of carbonyl (C=O) groups is 2. The molecule has 0 heterocycles. The maximum Gasteiger partial charge on any atom is 0.329 e. The van der Waals surface area contributed by atoms with E-state index in [9.17, 15) is 9.59 Å². The van der Waals surface area contributed by atoms with Crippen LogP contribution in [0, 0.1) is 0 Å². The van der Waals surface area contributed by atoms with E-state index in [-0.39, 0.29) is 22.7 Å². The predicted octanol–water partition coefficient (Wildman–Crippen LogP) is 2.36. The molecule has 0 saturated carbocycles. The van der Waals surface area contributed by atoms with Crippen LogP contribution in [0.15, 0.2) is 0 Å². The molecule has 0 saturated heterocycles. The highest BCUT2D eigenvalue weighted by molar-refractivity contribution is 8.00. The van der Waals surface area contributed by atoms with Gasteiger partial charge in [0.25, 0.3) is 0 Å². The van der Waals surface area contributed by atoms with Crippen molar-refractivity contribution in [2.24, 2.45) is 0 Å². The standard InChI is InChI=1S/C13H25NO3S/c1-7-11(15)14-10(8-18-13(4,5)6)12(16)17-9(2)3/h9-10H,7-8H2,1-6H3,(H,14,15). The number of esters is 1. The van der Waals surface area contributed by atoms with E-state index < -0.39 is 6.04 Å². The second kappa shape index (κ2) is 7.67. The van der Waals surface area contributed by atoms with Crippen LogP contribution in [0.3, 0.4) is 0 Å². The average molecular weight is 275 g/mol. The fraction of sp³-hybridized carbons (Fsp3) is 0.846. The van der Waals surface area contributed by atoms with Crippen molar-refractivity contribution >= 4 is 23.6 Å². The molecule has 0 spiro atoms. The lowest BCUT2D eigenvalue weighted by atomic mass is 10.3. The van der Waals surface area contributed by atoms with E-state index in [0.29, 0.717) is 12.2 Å². The van der Waals surface area contributed by atoms with Crippen LogP contribution in [0.5, 0.6) is 0 Å². The summed E-state index contributed by atoms with van der Waals surface area (Å²) in [5, 5.41) is 2.71. The minimum Gasteiger partial charge on any atom is -0.461 e. The van der Waals surface area contributed by atoms with E-state index in [2.05, 4.69) is 26.1 Å². The molecule has 0 aromatic carbocycles. The van der Waals surface area contributed by atoms with E-state index in [4.69, 9.17) is 4.74 Å². The second-order valence-electron chi connectivity index (χ2n) is 5.38. The van der Waals surface area contributed by atoms with Gasteiger partial charge in [-0.2, -0.15) is 11.8 Å². The summed E-state index contributed by atoms with van der Waals surface area (Å²) in [7, 11) is 0. The summed E-state index contributed by atoms with van der Waals surface area (Å²) in [6, 6.07) is -0.566. The molecule has 1 atom stereocenters. The lowest BCUT2D eigenvalue weighted by Gasteiger charge is -2.23. The van der Waals surface area contributed by atoms with Crippen LogP contribution in [0.2, 0.25) is 0 Å². The smallest absolute Gasteiger partial charge is 0.329 e. The summed E-state index contributed by atoms with van der Waals surface area (Å²) in [6.45, 7) is 11.6. The topological polar surface area (TPSA) is 55.4 Å². The van der Waals surface area contributed by atoms with Crippen molar-refractivity contribution in [2.75, 3.05) is 5.75 Å². The second-order valence-corrected chi connectivity index (χ2v) is 7.23. The summed E-state index contributed by atoms with van der Waals surface area (Å²) in [4.78, 5) is 23.3. The number of carbonyl (C=O) groups excluding carboxylic acids is 2. The molecule has 0 aliphatic heterocycles. The van der Waals surface area contributed by atoms with E-state index in [1.807, 2.05) is 0 Å². The third kappa shape index (κ3) is 8.39. The van der Waals surface area contributed by atoms with Crippen molar-refractivity contribution in [2.45, 2.75) is 64.9 Å². The van der Waals surface area contributed by atoms with Gasteiger partial charge in [0.1, 0.15) is 6.04 Å². The average Bonchev–Trinajstić information content (AvgIpc) is 2.21. The Hall–Kier alpha value is -0.710. The molecule has 1 amide bonds. The van der Waals surface area contributed by atoms with Gasteiger partial charge in [-0.1, -0.05) is 27.7 Å². The van der Waals surface area contributed by atoms with E-state index in [1.54, 1.807) is 32.5 Å². The molecular weight excluding hydrogens is 250 g/mol. The van der Waals surface area contributed by atoms with Gasteiger partial charge in [0.2, 0.25) is 5.91 Å². The zero-order valence-corrected chi connectivity index (χ0v) is 13.0. The minimum absolute atomic E-state index is 0.0489. The lowest BCUT2D eigenvalue weighted by Crippen LogP contribution is -2.44. The van der Waals surface area contributed by atoms with E-state index in [1.165, 1.54) is 0 Å². The summed E-state index contributed by atoms with van der Waals surface area (Å²) in [6.07, 6.45) is 0.198. The molecule has 0 rings (SSSR count). The number of hydrogen-bond acceptors (Lipinski definition) is 4. The molecule has 0 aromatic rings. The fourth-order valence-electron chi connectivity index (χ4n) is 1.11. The Bertz CT molecular complexity index is 284. The number of hydrogen-bond donors (Lipinski definition) is 1. The van der Waals surface area contributed by atoms with E-state index >= 15 is 0 Å². The molecule has 0 fully saturated rings. The molecule has 0 aliphatic carbocycles. The number of thioether (sulfide) groups is 1. The highest BCUT2D eigenvalue weighted by atomic mass is 32.2. The largest absolute Gasteiger partial charge is 0.461 e. The van der Waals surface area contributed by atoms with Crippen molar-refractivity contribution < 1.29 is 14.3 Å². The SMILES string of the molecule is CCC(=O)NC(CSC(C)(C)C)C(=O)OC(C)C. The fourth-order valence-corrected chi connectivity index (χ4v) is 2.00. The number of ether oxygens (including phenoxy) is 1. The zero-order chi connectivity index (χ0) is 14.3. The van der Waals surface area contributed by atoms with Gasteiger partial charge in [0.05, 0.1) is 6.10 Å². The molecule has 0 aliphatic rings. The maximum atomic E-state index is 11.9. The van der Waals surface area contributed by atoms with Crippen LogP contribution < -0.4 is 5.32 Å². The van der Waals surface area contributed by atoms with Gasteiger partial charge in [-0.05, 0) is 13.8 Å². The van der Waals surface area contributed by atoms with Crippen molar-refractivity contribution in [3.05, 3.63) is 0 Å². The molecule has 0 aromatic heterocycles. The monoisotopic (exact) mass is 275 g/mol. The third-order valence-corrected chi connectivity index (χ3v) is 3.34. The summed E-state index contributed by atoms with van der Waals surface area (Å²) in [5.74, 6) is 0.0413. The van der Waals surface area contributed by atoms with Gasteiger partial charge in [0.15, 0.2) is 0 Å². The van der Waals surface area contributed by atoms with Crippen molar-refractivity contribution in [1.29, 1.82) is 0 Å². The lowest BCUT2D eigenvalue weighted by molar-refractivity contribution is -0.150. The maximum absolute atomic E-state index is 11.9. The van der Waals surface area contributed by atoms with Crippen molar-refractivity contribution in [3.8, 4) is 0 Å². The van der Waals surface area contributed by atoms with Crippen molar-refractivity contribution in [3.63, 3.8) is 0 Å². The Labute approximate surface area is 114 Å². The van der Waals surface area contributed by atoms with E-state index in [0.717, 1.165) is 0 Å². The van der Waals surface area contributed by atoms with Crippen LogP contribution in [0.4, 0.5) is 0 Å². The predicted molar refractivity (Wildman–Crippen MR) is 75.7 cm³/mol. The molecule has 4 nitrogen and oxygen atoms in total. The number of amides is 1. The van der Waals surface area contributed by atoms with Gasteiger partial charge >= 0.3 is 5.97 Å². The summed E-state index contributed by atoms with van der Waals surface area (Å²) >= 11 is 1.63. The Morgan fingerprint density at radius 2 is 1.83 bits per heavy atom. The summed E-state index contributed by atoms with van der Waals surface area (Å²) < 4.78 is 5.20. The molecule has 1 unspecified atom stereocenters. The van der Waals surface area contributed by atoms with Crippen molar-refractivity contribution in [1.82, 2.24) is 5.32 Å². The third-order valence-electron chi connectivity index (χ3n) is 1.98. The number of nitrogens with one attached hydrogen (secondary N) is 1. The Morgan fingerprint density at radius 1 is 1.28 bits per heavy atom. The molecule has 5 heteroatoms. The van der Waals surface area contributed by atoms with Crippen LogP contribution >= 0.6 is 11.8 Å². The molecule has 18 heavy (non-hydrogen) atoms. The quantitative estimate of drug-likeness (QED) is 0.756. The molecule has 0 bridgehead atoms.